The van der Waals surface area contributed by atoms with Crippen LogP contribution in [0.4, 0.5) is 0 Å². The summed E-state index contributed by atoms with van der Waals surface area (Å²) in [4.78, 5) is 32.5. The van der Waals surface area contributed by atoms with Gasteiger partial charge in [0.15, 0.2) is 0 Å². The molecule has 2 aliphatic rings. The molecule has 0 aromatic carbocycles. The van der Waals surface area contributed by atoms with Crippen molar-refractivity contribution in [1.82, 2.24) is 20.5 Å². The fourth-order valence-electron chi connectivity index (χ4n) is 3.42. The van der Waals surface area contributed by atoms with E-state index >= 15 is 0 Å². The van der Waals surface area contributed by atoms with E-state index in [1.807, 2.05) is 18.7 Å². The highest BCUT2D eigenvalue weighted by molar-refractivity contribution is 7.11. The molecule has 0 aliphatic carbocycles. The average Bonchev–Trinajstić information content (AvgIpc) is 2.97. The molecule has 2 N–H and O–H groups in total. The Kier molecular flexibility index (Phi) is 6.03. The van der Waals surface area contributed by atoms with Crippen molar-refractivity contribution in [3.63, 3.8) is 0 Å². The van der Waals surface area contributed by atoms with Gasteiger partial charge in [-0.05, 0) is 20.3 Å². The topological polar surface area (TPSA) is 83.6 Å². The summed E-state index contributed by atoms with van der Waals surface area (Å²) in [6.07, 6.45) is 0.607. The lowest BCUT2D eigenvalue weighted by molar-refractivity contribution is -0.141. The Bertz CT molecular complexity index is 627. The minimum absolute atomic E-state index is 0.0115. The Labute approximate surface area is 152 Å². The molecule has 7 nitrogen and oxygen atoms in total. The number of hydrogen-bond donors (Lipinski definition) is 2. The molecule has 2 atom stereocenters. The van der Waals surface area contributed by atoms with Crippen LogP contribution < -0.4 is 10.6 Å². The number of amides is 2. The molecule has 2 amide bonds. The maximum Gasteiger partial charge on any atom is 0.227 e. The van der Waals surface area contributed by atoms with Crippen molar-refractivity contribution in [2.45, 2.75) is 26.8 Å². The second-order valence-corrected chi connectivity index (χ2v) is 7.97. The van der Waals surface area contributed by atoms with Crippen molar-refractivity contribution in [3.8, 4) is 0 Å². The first-order chi connectivity index (χ1) is 12.0. The third-order valence-corrected chi connectivity index (χ3v) is 5.89. The SMILES string of the molecule is Cc1nc(C)c(CNC(=O)[C@@H]2CNC[C@@H](C(=O)N3CCOCC3)C2)s1. The maximum atomic E-state index is 12.6. The highest BCUT2D eigenvalue weighted by atomic mass is 32.1. The lowest BCUT2D eigenvalue weighted by Crippen LogP contribution is -2.51. The van der Waals surface area contributed by atoms with Crippen LogP contribution >= 0.6 is 11.3 Å². The average molecular weight is 366 g/mol. The number of piperidine rings is 1. The summed E-state index contributed by atoms with van der Waals surface area (Å²) in [7, 11) is 0. The van der Waals surface area contributed by atoms with Crippen LogP contribution in [0.2, 0.25) is 0 Å². The number of carbonyl (C=O) groups excluding carboxylic acids is 2. The lowest BCUT2D eigenvalue weighted by Gasteiger charge is -2.34. The second kappa shape index (κ2) is 8.25. The summed E-state index contributed by atoms with van der Waals surface area (Å²) in [6, 6.07) is 0. The zero-order valence-corrected chi connectivity index (χ0v) is 15.7. The highest BCUT2D eigenvalue weighted by Crippen LogP contribution is 2.21. The molecule has 8 heteroatoms. The molecule has 25 heavy (non-hydrogen) atoms. The molecule has 0 unspecified atom stereocenters. The molecule has 1 aromatic rings. The molecule has 3 heterocycles. The summed E-state index contributed by atoms with van der Waals surface area (Å²) < 4.78 is 5.30. The van der Waals surface area contributed by atoms with Gasteiger partial charge in [0.2, 0.25) is 11.8 Å². The minimum Gasteiger partial charge on any atom is -0.378 e. The molecule has 3 rings (SSSR count). The van der Waals surface area contributed by atoms with Crippen molar-refractivity contribution in [2.75, 3.05) is 39.4 Å². The first kappa shape index (κ1) is 18.3. The number of carbonyl (C=O) groups is 2. The van der Waals surface area contributed by atoms with E-state index in [9.17, 15) is 9.59 Å². The van der Waals surface area contributed by atoms with Gasteiger partial charge in [0, 0.05) is 31.1 Å². The van der Waals surface area contributed by atoms with Crippen molar-refractivity contribution in [1.29, 1.82) is 0 Å². The second-order valence-electron chi connectivity index (χ2n) is 6.68. The number of nitrogens with one attached hydrogen (secondary N) is 2. The third kappa shape index (κ3) is 4.56. The molecular weight excluding hydrogens is 340 g/mol. The minimum atomic E-state index is -0.168. The van der Waals surface area contributed by atoms with Crippen molar-refractivity contribution >= 4 is 23.2 Å². The number of aryl methyl sites for hydroxylation is 2. The molecule has 1 aromatic heterocycles. The van der Waals surface area contributed by atoms with Crippen LogP contribution in [0.15, 0.2) is 0 Å². The molecule has 0 saturated carbocycles. The van der Waals surface area contributed by atoms with Crippen LogP contribution in [-0.4, -0.2) is 61.1 Å². The fraction of sp³-hybridized carbons (Fsp3) is 0.706. The molecule has 2 saturated heterocycles. The van der Waals surface area contributed by atoms with Crippen LogP contribution in [0.3, 0.4) is 0 Å². The number of hydrogen-bond acceptors (Lipinski definition) is 6. The largest absolute Gasteiger partial charge is 0.378 e. The Balaban J connectivity index is 1.52. The van der Waals surface area contributed by atoms with E-state index in [0.717, 1.165) is 15.6 Å². The summed E-state index contributed by atoms with van der Waals surface area (Å²) in [5.41, 5.74) is 0.977. The summed E-state index contributed by atoms with van der Waals surface area (Å²) in [5, 5.41) is 7.27. The van der Waals surface area contributed by atoms with Gasteiger partial charge in [-0.25, -0.2) is 4.98 Å². The smallest absolute Gasteiger partial charge is 0.227 e. The first-order valence-corrected chi connectivity index (χ1v) is 9.64. The molecular formula is C17H26N4O3S. The van der Waals surface area contributed by atoms with Gasteiger partial charge in [-0.15, -0.1) is 11.3 Å². The Morgan fingerprint density at radius 1 is 1.28 bits per heavy atom. The maximum absolute atomic E-state index is 12.6. The van der Waals surface area contributed by atoms with Gasteiger partial charge in [0.05, 0.1) is 42.3 Å². The summed E-state index contributed by atoms with van der Waals surface area (Å²) in [5.74, 6) is -0.146. The quantitative estimate of drug-likeness (QED) is 0.809. The van der Waals surface area contributed by atoms with Gasteiger partial charge in [-0.2, -0.15) is 0 Å². The first-order valence-electron chi connectivity index (χ1n) is 8.82. The third-order valence-electron chi connectivity index (χ3n) is 4.82. The zero-order chi connectivity index (χ0) is 17.8. The molecule has 0 radical (unpaired) electrons. The number of ether oxygens (including phenoxy) is 1. The molecule has 138 valence electrons. The standard InChI is InChI=1S/C17H26N4O3S/c1-11-15(25-12(2)20-11)10-19-16(22)13-7-14(9-18-8-13)17(23)21-3-5-24-6-4-21/h13-14,18H,3-10H2,1-2H3,(H,19,22)/t13-,14-/m0/s1. The normalized spacial score (nSPS) is 24.2. The van der Waals surface area contributed by atoms with Crippen LogP contribution in [0.1, 0.15) is 22.0 Å². The lowest BCUT2D eigenvalue weighted by atomic mass is 9.88. The van der Waals surface area contributed by atoms with E-state index in [1.54, 1.807) is 11.3 Å². The molecule has 0 spiro atoms. The van der Waals surface area contributed by atoms with E-state index in [1.165, 1.54) is 0 Å². The van der Waals surface area contributed by atoms with E-state index in [0.29, 0.717) is 52.4 Å². The number of thiazole rings is 1. The summed E-state index contributed by atoms with van der Waals surface area (Å²) >= 11 is 1.61. The van der Waals surface area contributed by atoms with E-state index < -0.39 is 0 Å². The van der Waals surface area contributed by atoms with Gasteiger partial charge in [0.25, 0.3) is 0 Å². The highest BCUT2D eigenvalue weighted by Gasteiger charge is 2.33. The number of aromatic nitrogens is 1. The van der Waals surface area contributed by atoms with Crippen molar-refractivity contribution in [3.05, 3.63) is 15.6 Å². The molecule has 2 fully saturated rings. The predicted molar refractivity (Wildman–Crippen MR) is 95.3 cm³/mol. The predicted octanol–water partition coefficient (Wildman–Crippen LogP) is 0.461. The van der Waals surface area contributed by atoms with Gasteiger partial charge >= 0.3 is 0 Å². The summed E-state index contributed by atoms with van der Waals surface area (Å²) in [6.45, 7) is 8.21. The van der Waals surface area contributed by atoms with Crippen LogP contribution in [0.5, 0.6) is 0 Å². The van der Waals surface area contributed by atoms with Crippen molar-refractivity contribution < 1.29 is 14.3 Å². The fourth-order valence-corrected chi connectivity index (χ4v) is 4.30. The van der Waals surface area contributed by atoms with Crippen molar-refractivity contribution in [2.24, 2.45) is 11.8 Å². The molecule has 2 aliphatic heterocycles. The van der Waals surface area contributed by atoms with Crippen LogP contribution in [0.25, 0.3) is 0 Å². The Hall–Kier alpha value is -1.51. The van der Waals surface area contributed by atoms with Gasteiger partial charge in [-0.1, -0.05) is 0 Å². The van der Waals surface area contributed by atoms with E-state index in [2.05, 4.69) is 15.6 Å². The monoisotopic (exact) mass is 366 g/mol. The Morgan fingerprint density at radius 3 is 2.68 bits per heavy atom. The van der Waals surface area contributed by atoms with Gasteiger partial charge in [0.1, 0.15) is 0 Å². The number of nitrogens with zero attached hydrogens (tertiary/aromatic N) is 2. The molecule has 0 bridgehead atoms. The number of rotatable bonds is 4. The van der Waals surface area contributed by atoms with Gasteiger partial charge in [-0.3, -0.25) is 9.59 Å². The van der Waals surface area contributed by atoms with Crippen LogP contribution in [0, 0.1) is 25.7 Å². The van der Waals surface area contributed by atoms with E-state index in [-0.39, 0.29) is 23.7 Å². The zero-order valence-electron chi connectivity index (χ0n) is 14.8. The number of morpholine rings is 1. The Morgan fingerprint density at radius 2 is 2.00 bits per heavy atom. The van der Waals surface area contributed by atoms with E-state index in [4.69, 9.17) is 4.74 Å². The van der Waals surface area contributed by atoms with Crippen LogP contribution in [-0.2, 0) is 20.9 Å². The van der Waals surface area contributed by atoms with Gasteiger partial charge < -0.3 is 20.3 Å².